The number of hydrogen-bond acceptors (Lipinski definition) is 6. The molecule has 0 spiro atoms. The van der Waals surface area contributed by atoms with Gasteiger partial charge in [-0.25, -0.2) is 9.48 Å². The van der Waals surface area contributed by atoms with Crippen LogP contribution in [0.4, 0.5) is 13.2 Å². The third kappa shape index (κ3) is 6.19. The number of carbonyl (C=O) groups excluding carboxylic acids is 1. The van der Waals surface area contributed by atoms with Gasteiger partial charge in [-0.3, -0.25) is 0 Å². The summed E-state index contributed by atoms with van der Waals surface area (Å²) in [4.78, 5) is 12.2. The Kier molecular flexibility index (Phi) is 7.52. The third-order valence-electron chi connectivity index (χ3n) is 5.63. The van der Waals surface area contributed by atoms with E-state index in [1.165, 1.54) is 24.3 Å². The summed E-state index contributed by atoms with van der Waals surface area (Å²) >= 11 is 0. The molecule has 7 nitrogen and oxygen atoms in total. The highest BCUT2D eigenvalue weighted by Gasteiger charge is 2.32. The van der Waals surface area contributed by atoms with Crippen LogP contribution in [0.5, 0.6) is 17.2 Å². The zero-order valence-electron chi connectivity index (χ0n) is 21.3. The number of para-hydroxylation sites is 1. The Morgan fingerprint density at radius 1 is 0.947 bits per heavy atom. The summed E-state index contributed by atoms with van der Waals surface area (Å²) in [6.07, 6.45) is -4.76. The standard InChI is InChI=1S/C28H27F3N2O5/c1-5-35-26(34)27(3,4)38-25-15-14-21(16-18(25)2)36-17-23-22-8-6-7-9-24(22)33(32-23)19-10-12-20(13-11-19)37-28(29,30)31/h6-16H,5,17H2,1-4H3. The summed E-state index contributed by atoms with van der Waals surface area (Å²) in [6.45, 7) is 7.29. The van der Waals surface area contributed by atoms with Gasteiger partial charge < -0.3 is 18.9 Å². The van der Waals surface area contributed by atoms with E-state index in [2.05, 4.69) is 9.84 Å². The number of alkyl halides is 3. The number of rotatable bonds is 9. The van der Waals surface area contributed by atoms with Gasteiger partial charge in [0, 0.05) is 5.39 Å². The lowest BCUT2D eigenvalue weighted by atomic mass is 10.1. The van der Waals surface area contributed by atoms with Crippen molar-refractivity contribution < 1.29 is 36.9 Å². The van der Waals surface area contributed by atoms with Crippen molar-refractivity contribution >= 4 is 16.9 Å². The molecule has 1 aromatic heterocycles. The van der Waals surface area contributed by atoms with Crippen molar-refractivity contribution in [3.8, 4) is 22.9 Å². The van der Waals surface area contributed by atoms with E-state index in [-0.39, 0.29) is 19.0 Å². The molecule has 38 heavy (non-hydrogen) atoms. The van der Waals surface area contributed by atoms with Crippen molar-refractivity contribution in [3.63, 3.8) is 0 Å². The Hall–Kier alpha value is -4.21. The molecule has 0 saturated carbocycles. The predicted molar refractivity (Wildman–Crippen MR) is 135 cm³/mol. The fourth-order valence-corrected chi connectivity index (χ4v) is 3.82. The van der Waals surface area contributed by atoms with E-state index in [0.717, 1.165) is 16.5 Å². The molecule has 0 saturated heterocycles. The van der Waals surface area contributed by atoms with Crippen molar-refractivity contribution in [2.45, 2.75) is 46.3 Å². The highest BCUT2D eigenvalue weighted by molar-refractivity contribution is 5.83. The normalized spacial score (nSPS) is 11.9. The quantitative estimate of drug-likeness (QED) is 0.230. The molecule has 200 valence electrons. The lowest BCUT2D eigenvalue weighted by Crippen LogP contribution is -2.39. The lowest BCUT2D eigenvalue weighted by Gasteiger charge is -2.25. The lowest BCUT2D eigenvalue weighted by molar-refractivity contribution is -0.274. The van der Waals surface area contributed by atoms with E-state index in [1.807, 2.05) is 31.2 Å². The summed E-state index contributed by atoms with van der Waals surface area (Å²) in [6, 6.07) is 18.3. The van der Waals surface area contributed by atoms with Gasteiger partial charge >= 0.3 is 12.3 Å². The first-order valence-electron chi connectivity index (χ1n) is 11.9. The molecule has 1 heterocycles. The van der Waals surface area contributed by atoms with Crippen molar-refractivity contribution in [1.82, 2.24) is 9.78 Å². The van der Waals surface area contributed by atoms with Gasteiger partial charge in [-0.2, -0.15) is 5.10 Å². The molecule has 0 fully saturated rings. The molecule has 0 atom stereocenters. The number of esters is 1. The molecule has 0 aliphatic rings. The molecule has 0 aliphatic heterocycles. The molecule has 4 aromatic rings. The third-order valence-corrected chi connectivity index (χ3v) is 5.63. The van der Waals surface area contributed by atoms with Gasteiger partial charge in [0.15, 0.2) is 5.60 Å². The number of aryl methyl sites for hydroxylation is 1. The number of carbonyl (C=O) groups is 1. The SMILES string of the molecule is CCOC(=O)C(C)(C)Oc1ccc(OCc2nn(-c3ccc(OC(F)(F)F)cc3)c3ccccc23)cc1C. The summed E-state index contributed by atoms with van der Waals surface area (Å²) in [7, 11) is 0. The zero-order chi connectivity index (χ0) is 27.5. The maximum absolute atomic E-state index is 12.5. The Morgan fingerprint density at radius 3 is 2.29 bits per heavy atom. The van der Waals surface area contributed by atoms with Crippen LogP contribution in [-0.2, 0) is 16.1 Å². The van der Waals surface area contributed by atoms with Crippen LogP contribution in [0, 0.1) is 6.92 Å². The van der Waals surface area contributed by atoms with Crippen LogP contribution in [0.25, 0.3) is 16.6 Å². The number of hydrogen-bond donors (Lipinski definition) is 0. The largest absolute Gasteiger partial charge is 0.573 e. The topological polar surface area (TPSA) is 71.8 Å². The average Bonchev–Trinajstić information content (AvgIpc) is 3.22. The first-order valence-corrected chi connectivity index (χ1v) is 11.9. The van der Waals surface area contributed by atoms with Gasteiger partial charge in [0.2, 0.25) is 0 Å². The van der Waals surface area contributed by atoms with Gasteiger partial charge in [0.1, 0.15) is 29.5 Å². The first-order chi connectivity index (χ1) is 18.0. The predicted octanol–water partition coefficient (Wildman–Crippen LogP) is 6.53. The number of nitrogens with zero attached hydrogens (tertiary/aromatic N) is 2. The molecule has 0 radical (unpaired) electrons. The second-order valence-corrected chi connectivity index (χ2v) is 8.97. The highest BCUT2D eigenvalue weighted by atomic mass is 19.4. The Balaban J connectivity index is 1.52. The first kappa shape index (κ1) is 26.8. The van der Waals surface area contributed by atoms with Crippen LogP contribution >= 0.6 is 0 Å². The van der Waals surface area contributed by atoms with Crippen LogP contribution < -0.4 is 14.2 Å². The second kappa shape index (κ2) is 10.6. The van der Waals surface area contributed by atoms with Gasteiger partial charge in [-0.15, -0.1) is 13.2 Å². The fraction of sp³-hybridized carbons (Fsp3) is 0.286. The number of benzene rings is 3. The molecular weight excluding hydrogens is 501 g/mol. The maximum Gasteiger partial charge on any atom is 0.573 e. The summed E-state index contributed by atoms with van der Waals surface area (Å²) in [5.74, 6) is 0.346. The van der Waals surface area contributed by atoms with Crippen LogP contribution in [0.3, 0.4) is 0 Å². The Morgan fingerprint density at radius 2 is 1.63 bits per heavy atom. The monoisotopic (exact) mass is 528 g/mol. The van der Waals surface area contributed by atoms with Crippen LogP contribution in [0.15, 0.2) is 66.7 Å². The summed E-state index contributed by atoms with van der Waals surface area (Å²) in [5, 5.41) is 5.50. The van der Waals surface area contributed by atoms with E-state index in [4.69, 9.17) is 14.2 Å². The molecule has 3 aromatic carbocycles. The summed E-state index contributed by atoms with van der Waals surface area (Å²) < 4.78 is 60.1. The van der Waals surface area contributed by atoms with Gasteiger partial charge in [0.25, 0.3) is 0 Å². The van der Waals surface area contributed by atoms with E-state index in [1.54, 1.807) is 43.7 Å². The zero-order valence-corrected chi connectivity index (χ0v) is 21.3. The van der Waals surface area contributed by atoms with Gasteiger partial charge in [0.05, 0.1) is 17.8 Å². The molecule has 0 N–H and O–H groups in total. The van der Waals surface area contributed by atoms with Crippen LogP contribution in [0.1, 0.15) is 32.0 Å². The van der Waals surface area contributed by atoms with E-state index in [9.17, 15) is 18.0 Å². The van der Waals surface area contributed by atoms with Gasteiger partial charge in [-0.05, 0) is 81.8 Å². The van der Waals surface area contributed by atoms with Crippen molar-refractivity contribution in [3.05, 3.63) is 78.0 Å². The molecule has 0 aliphatic carbocycles. The minimum atomic E-state index is -4.76. The van der Waals surface area contributed by atoms with Crippen molar-refractivity contribution in [2.75, 3.05) is 6.61 Å². The molecule has 4 rings (SSSR count). The molecule has 0 amide bonds. The van der Waals surface area contributed by atoms with Crippen molar-refractivity contribution in [1.29, 1.82) is 0 Å². The number of halogens is 3. The van der Waals surface area contributed by atoms with Crippen LogP contribution in [-0.4, -0.2) is 34.3 Å². The van der Waals surface area contributed by atoms with Gasteiger partial charge in [-0.1, -0.05) is 18.2 Å². The minimum Gasteiger partial charge on any atom is -0.487 e. The Labute approximate surface area is 217 Å². The van der Waals surface area contributed by atoms with E-state index >= 15 is 0 Å². The molecule has 10 heteroatoms. The highest BCUT2D eigenvalue weighted by Crippen LogP contribution is 2.30. The smallest absolute Gasteiger partial charge is 0.487 e. The Bertz CT molecular complexity index is 1430. The van der Waals surface area contributed by atoms with Crippen LogP contribution in [0.2, 0.25) is 0 Å². The molecule has 0 bridgehead atoms. The second-order valence-electron chi connectivity index (χ2n) is 8.97. The van der Waals surface area contributed by atoms with Crippen molar-refractivity contribution in [2.24, 2.45) is 0 Å². The number of aromatic nitrogens is 2. The summed E-state index contributed by atoms with van der Waals surface area (Å²) in [5.41, 5.74) is 1.63. The van der Waals surface area contributed by atoms with E-state index in [0.29, 0.717) is 22.9 Å². The molecular formula is C28H27F3N2O5. The van der Waals surface area contributed by atoms with E-state index < -0.39 is 17.9 Å². The molecule has 0 unspecified atom stereocenters. The fourth-order valence-electron chi connectivity index (χ4n) is 3.82. The number of fused-ring (bicyclic) bond motifs is 1. The minimum absolute atomic E-state index is 0.150. The average molecular weight is 529 g/mol. The number of ether oxygens (including phenoxy) is 4. The maximum atomic E-state index is 12.5.